The zero-order valence-corrected chi connectivity index (χ0v) is 8.87. The Kier molecular flexibility index (Phi) is 4.94. The molecule has 3 nitrogen and oxygen atoms in total. The number of carbonyl (C=O) groups excluding carboxylic acids is 1. The molecule has 0 aliphatic heterocycles. The van der Waals surface area contributed by atoms with Gasteiger partial charge in [0.05, 0.1) is 12.7 Å². The predicted molar refractivity (Wildman–Crippen MR) is 53.8 cm³/mol. The van der Waals surface area contributed by atoms with Gasteiger partial charge in [-0.3, -0.25) is 4.79 Å². The van der Waals surface area contributed by atoms with Crippen LogP contribution in [-0.2, 0) is 9.53 Å². The Balaban J connectivity index is 2.19. The molecule has 0 bridgehead atoms. The Hall–Kier alpha value is -0.570. The number of aliphatic hydroxyl groups is 1. The third kappa shape index (κ3) is 3.66. The molecule has 1 aliphatic carbocycles. The quantitative estimate of drug-likeness (QED) is 0.705. The van der Waals surface area contributed by atoms with E-state index in [0.717, 1.165) is 25.7 Å². The molecule has 0 heterocycles. The van der Waals surface area contributed by atoms with Crippen molar-refractivity contribution >= 4 is 5.97 Å². The second-order valence-corrected chi connectivity index (χ2v) is 3.96. The fourth-order valence-electron chi connectivity index (χ4n) is 2.06. The van der Waals surface area contributed by atoms with E-state index in [-0.39, 0.29) is 12.1 Å². The van der Waals surface area contributed by atoms with Crippen LogP contribution in [-0.4, -0.2) is 23.8 Å². The van der Waals surface area contributed by atoms with E-state index in [2.05, 4.69) is 0 Å². The highest BCUT2D eigenvalue weighted by Crippen LogP contribution is 2.27. The summed E-state index contributed by atoms with van der Waals surface area (Å²) in [6, 6.07) is 0. The molecule has 0 aromatic rings. The molecular weight excluding hydrogens is 180 g/mol. The first kappa shape index (κ1) is 11.5. The standard InChI is InChI=1S/C11H20O3/c1-2-14-11(13)8-7-9-5-3-4-6-10(9)12/h9-10,12H,2-8H2,1H3. The zero-order chi connectivity index (χ0) is 10.4. The summed E-state index contributed by atoms with van der Waals surface area (Å²) < 4.78 is 4.85. The molecule has 0 radical (unpaired) electrons. The van der Waals surface area contributed by atoms with E-state index in [4.69, 9.17) is 4.74 Å². The number of hydrogen-bond donors (Lipinski definition) is 1. The molecule has 2 atom stereocenters. The first-order valence-electron chi connectivity index (χ1n) is 5.57. The van der Waals surface area contributed by atoms with Crippen LogP contribution in [0, 0.1) is 5.92 Å². The Morgan fingerprint density at radius 1 is 1.43 bits per heavy atom. The third-order valence-electron chi connectivity index (χ3n) is 2.89. The number of rotatable bonds is 4. The second-order valence-electron chi connectivity index (χ2n) is 3.96. The van der Waals surface area contributed by atoms with Crippen molar-refractivity contribution in [1.29, 1.82) is 0 Å². The van der Waals surface area contributed by atoms with E-state index < -0.39 is 0 Å². The molecule has 1 aliphatic rings. The van der Waals surface area contributed by atoms with Crippen molar-refractivity contribution in [2.75, 3.05) is 6.61 Å². The molecule has 82 valence electrons. The maximum absolute atomic E-state index is 11.1. The van der Waals surface area contributed by atoms with Gasteiger partial charge >= 0.3 is 5.97 Å². The van der Waals surface area contributed by atoms with Crippen LogP contribution in [0.25, 0.3) is 0 Å². The molecular formula is C11H20O3. The lowest BCUT2D eigenvalue weighted by atomic mass is 9.84. The van der Waals surface area contributed by atoms with E-state index >= 15 is 0 Å². The minimum Gasteiger partial charge on any atom is -0.466 e. The van der Waals surface area contributed by atoms with Gasteiger partial charge in [0.25, 0.3) is 0 Å². The van der Waals surface area contributed by atoms with Crippen LogP contribution < -0.4 is 0 Å². The van der Waals surface area contributed by atoms with Crippen molar-refractivity contribution in [3.8, 4) is 0 Å². The summed E-state index contributed by atoms with van der Waals surface area (Å²) in [7, 11) is 0. The highest BCUT2D eigenvalue weighted by molar-refractivity contribution is 5.69. The van der Waals surface area contributed by atoms with Gasteiger partial charge in [0, 0.05) is 6.42 Å². The molecule has 0 spiro atoms. The van der Waals surface area contributed by atoms with Crippen molar-refractivity contribution in [2.45, 2.75) is 51.6 Å². The monoisotopic (exact) mass is 200 g/mol. The summed E-state index contributed by atoms with van der Waals surface area (Å²) >= 11 is 0. The second kappa shape index (κ2) is 6.02. The molecule has 2 unspecified atom stereocenters. The molecule has 3 heteroatoms. The van der Waals surface area contributed by atoms with Crippen LogP contribution in [0.1, 0.15) is 45.4 Å². The summed E-state index contributed by atoms with van der Waals surface area (Å²) in [5.41, 5.74) is 0. The van der Waals surface area contributed by atoms with Gasteiger partial charge in [0.1, 0.15) is 0 Å². The van der Waals surface area contributed by atoms with Crippen LogP contribution in [0.4, 0.5) is 0 Å². The minimum atomic E-state index is -0.196. The lowest BCUT2D eigenvalue weighted by Gasteiger charge is -2.27. The first-order chi connectivity index (χ1) is 6.74. The number of carbonyl (C=O) groups is 1. The predicted octanol–water partition coefficient (Wildman–Crippen LogP) is 1.88. The number of aliphatic hydroxyl groups excluding tert-OH is 1. The fraction of sp³-hybridized carbons (Fsp3) is 0.909. The van der Waals surface area contributed by atoms with E-state index in [9.17, 15) is 9.90 Å². The Labute approximate surface area is 85.5 Å². The maximum Gasteiger partial charge on any atom is 0.305 e. The number of hydrogen-bond acceptors (Lipinski definition) is 3. The Morgan fingerprint density at radius 3 is 2.79 bits per heavy atom. The summed E-state index contributed by atoms with van der Waals surface area (Å²) in [5, 5.41) is 9.66. The largest absolute Gasteiger partial charge is 0.466 e. The summed E-state index contributed by atoms with van der Waals surface area (Å²) in [5.74, 6) is 0.179. The molecule has 0 saturated heterocycles. The maximum atomic E-state index is 11.1. The Bertz CT molecular complexity index is 179. The first-order valence-corrected chi connectivity index (χ1v) is 5.57. The highest BCUT2D eigenvalue weighted by atomic mass is 16.5. The molecule has 1 fully saturated rings. The molecule has 1 N–H and O–H groups in total. The normalized spacial score (nSPS) is 27.3. The lowest BCUT2D eigenvalue weighted by Crippen LogP contribution is -2.25. The molecule has 0 aromatic carbocycles. The van der Waals surface area contributed by atoms with Gasteiger partial charge in [0.2, 0.25) is 0 Å². The summed E-state index contributed by atoms with van der Waals surface area (Å²) in [6.45, 7) is 2.26. The smallest absolute Gasteiger partial charge is 0.305 e. The Morgan fingerprint density at radius 2 is 2.14 bits per heavy atom. The minimum absolute atomic E-state index is 0.134. The molecule has 0 aromatic heterocycles. The molecule has 14 heavy (non-hydrogen) atoms. The van der Waals surface area contributed by atoms with Crippen molar-refractivity contribution in [1.82, 2.24) is 0 Å². The van der Waals surface area contributed by atoms with Crippen molar-refractivity contribution < 1.29 is 14.6 Å². The van der Waals surface area contributed by atoms with Gasteiger partial charge in [-0.25, -0.2) is 0 Å². The molecule has 1 rings (SSSR count). The third-order valence-corrected chi connectivity index (χ3v) is 2.89. The highest BCUT2D eigenvalue weighted by Gasteiger charge is 2.23. The van der Waals surface area contributed by atoms with Gasteiger partial charge in [-0.05, 0) is 32.1 Å². The summed E-state index contributed by atoms with van der Waals surface area (Å²) in [6.07, 6.45) is 5.30. The number of esters is 1. The van der Waals surface area contributed by atoms with E-state index in [0.29, 0.717) is 18.9 Å². The van der Waals surface area contributed by atoms with E-state index in [1.165, 1.54) is 6.42 Å². The molecule has 1 saturated carbocycles. The van der Waals surface area contributed by atoms with E-state index in [1.807, 2.05) is 6.92 Å². The van der Waals surface area contributed by atoms with Crippen LogP contribution in [0.5, 0.6) is 0 Å². The van der Waals surface area contributed by atoms with Crippen molar-refractivity contribution in [3.05, 3.63) is 0 Å². The number of ether oxygens (including phenoxy) is 1. The zero-order valence-electron chi connectivity index (χ0n) is 8.87. The van der Waals surface area contributed by atoms with Crippen LogP contribution in [0.2, 0.25) is 0 Å². The summed E-state index contributed by atoms with van der Waals surface area (Å²) in [4.78, 5) is 11.1. The van der Waals surface area contributed by atoms with Crippen molar-refractivity contribution in [3.63, 3.8) is 0 Å². The average molecular weight is 200 g/mol. The topological polar surface area (TPSA) is 46.5 Å². The van der Waals surface area contributed by atoms with Gasteiger partial charge in [-0.2, -0.15) is 0 Å². The van der Waals surface area contributed by atoms with Gasteiger partial charge in [-0.1, -0.05) is 12.8 Å². The van der Waals surface area contributed by atoms with Crippen LogP contribution in [0.15, 0.2) is 0 Å². The average Bonchev–Trinajstić information content (AvgIpc) is 2.17. The van der Waals surface area contributed by atoms with Crippen LogP contribution >= 0.6 is 0 Å². The van der Waals surface area contributed by atoms with Gasteiger partial charge in [0.15, 0.2) is 0 Å². The molecule has 0 amide bonds. The lowest BCUT2D eigenvalue weighted by molar-refractivity contribution is -0.143. The van der Waals surface area contributed by atoms with Gasteiger partial charge < -0.3 is 9.84 Å². The SMILES string of the molecule is CCOC(=O)CCC1CCCCC1O. The van der Waals surface area contributed by atoms with Gasteiger partial charge in [-0.15, -0.1) is 0 Å². The van der Waals surface area contributed by atoms with E-state index in [1.54, 1.807) is 0 Å². The van der Waals surface area contributed by atoms with Crippen LogP contribution in [0.3, 0.4) is 0 Å². The van der Waals surface area contributed by atoms with Crippen molar-refractivity contribution in [2.24, 2.45) is 5.92 Å². The fourth-order valence-corrected chi connectivity index (χ4v) is 2.06.